The van der Waals surface area contributed by atoms with Crippen LogP contribution in [0.15, 0.2) is 30.3 Å². The van der Waals surface area contributed by atoms with Crippen LogP contribution in [0, 0.1) is 11.8 Å². The van der Waals surface area contributed by atoms with E-state index in [0.717, 1.165) is 19.3 Å². The van der Waals surface area contributed by atoms with Crippen LogP contribution in [0.3, 0.4) is 0 Å². The standard InChI is InChI=1S/C29H32F6N2O3/c1-40-27(39)18-14-21-3-2-4-22(15-18)37(21)26(38)17-5-11-23-16(13-17)6-12-24(25(23)29(33,34)35)36-20-9-7-19(8-10-20)28(30,31)32/h5-6,11-13,18-22,36H,2-4,7-10,14-15H2,1H3. The number of benzene rings is 2. The highest BCUT2D eigenvalue weighted by Gasteiger charge is 2.44. The van der Waals surface area contributed by atoms with Gasteiger partial charge in [-0.15, -0.1) is 0 Å². The fraction of sp³-hybridized carbons (Fsp3) is 0.586. The van der Waals surface area contributed by atoms with Crippen molar-refractivity contribution in [2.24, 2.45) is 11.8 Å². The number of methoxy groups -OCH3 is 1. The number of hydrogen-bond donors (Lipinski definition) is 1. The average Bonchev–Trinajstić information content (AvgIpc) is 2.90. The molecular formula is C29H32F6N2O3. The number of halogens is 6. The Hall–Kier alpha value is -2.98. The van der Waals surface area contributed by atoms with Gasteiger partial charge in [0.25, 0.3) is 5.91 Å². The van der Waals surface area contributed by atoms with Crippen LogP contribution in [-0.4, -0.2) is 48.2 Å². The van der Waals surface area contributed by atoms with E-state index in [9.17, 15) is 35.9 Å². The molecule has 2 atom stereocenters. The van der Waals surface area contributed by atoms with E-state index in [4.69, 9.17) is 4.74 Å². The molecule has 2 aromatic rings. The molecule has 1 aliphatic carbocycles. The monoisotopic (exact) mass is 570 g/mol. The van der Waals surface area contributed by atoms with E-state index in [1.807, 2.05) is 0 Å². The summed E-state index contributed by atoms with van der Waals surface area (Å²) >= 11 is 0. The van der Waals surface area contributed by atoms with Crippen LogP contribution in [0.1, 0.15) is 73.7 Å². The number of anilines is 1. The smallest absolute Gasteiger partial charge is 0.418 e. The van der Waals surface area contributed by atoms with Crippen LogP contribution < -0.4 is 5.32 Å². The summed E-state index contributed by atoms with van der Waals surface area (Å²) in [5.74, 6) is -2.25. The largest absolute Gasteiger partial charge is 0.469 e. The molecule has 1 N–H and O–H groups in total. The Balaban J connectivity index is 1.39. The van der Waals surface area contributed by atoms with Gasteiger partial charge in [-0.3, -0.25) is 9.59 Å². The number of carbonyl (C=O) groups is 2. The second kappa shape index (κ2) is 10.8. The Morgan fingerprint density at radius 3 is 2.12 bits per heavy atom. The van der Waals surface area contributed by atoms with Crippen molar-refractivity contribution in [1.29, 1.82) is 0 Å². The lowest BCUT2D eigenvalue weighted by molar-refractivity contribution is -0.182. The van der Waals surface area contributed by atoms with E-state index in [1.165, 1.54) is 37.4 Å². The Labute approximate surface area is 228 Å². The van der Waals surface area contributed by atoms with Crippen molar-refractivity contribution in [3.63, 3.8) is 0 Å². The highest BCUT2D eigenvalue weighted by Crippen LogP contribution is 2.44. The van der Waals surface area contributed by atoms with Crippen LogP contribution in [0.5, 0.6) is 0 Å². The van der Waals surface area contributed by atoms with Crippen LogP contribution in [0.4, 0.5) is 32.0 Å². The number of alkyl halides is 6. The lowest BCUT2D eigenvalue weighted by Gasteiger charge is -2.48. The predicted molar refractivity (Wildman–Crippen MR) is 137 cm³/mol. The van der Waals surface area contributed by atoms with Gasteiger partial charge in [0.1, 0.15) is 0 Å². The third kappa shape index (κ3) is 5.61. The number of amides is 1. The first-order valence-electron chi connectivity index (χ1n) is 13.7. The molecule has 218 valence electrons. The number of fused-ring (bicyclic) bond motifs is 3. The molecule has 0 spiro atoms. The predicted octanol–water partition coefficient (Wildman–Crippen LogP) is 7.34. The van der Waals surface area contributed by atoms with Crippen molar-refractivity contribution in [3.05, 3.63) is 41.5 Å². The first-order valence-corrected chi connectivity index (χ1v) is 13.7. The Bertz CT molecular complexity index is 1250. The fourth-order valence-corrected chi connectivity index (χ4v) is 6.89. The van der Waals surface area contributed by atoms with Crippen molar-refractivity contribution < 1.29 is 40.7 Å². The van der Waals surface area contributed by atoms with Crippen molar-refractivity contribution >= 4 is 28.3 Å². The molecule has 3 aliphatic rings. The van der Waals surface area contributed by atoms with Gasteiger partial charge in [0.2, 0.25) is 0 Å². The third-order valence-electron chi connectivity index (χ3n) is 8.84. The van der Waals surface area contributed by atoms with Crippen molar-refractivity contribution in [3.8, 4) is 0 Å². The van der Waals surface area contributed by atoms with Gasteiger partial charge in [-0.25, -0.2) is 0 Å². The molecule has 2 bridgehead atoms. The summed E-state index contributed by atoms with van der Waals surface area (Å²) in [6, 6.07) is 6.21. The molecule has 11 heteroatoms. The number of nitrogens with one attached hydrogen (secondary N) is 1. The Morgan fingerprint density at radius 2 is 1.55 bits per heavy atom. The van der Waals surface area contributed by atoms with Crippen LogP contribution in [-0.2, 0) is 15.7 Å². The van der Waals surface area contributed by atoms with Crippen LogP contribution in [0.2, 0.25) is 0 Å². The van der Waals surface area contributed by atoms with E-state index >= 15 is 0 Å². The van der Waals surface area contributed by atoms with E-state index < -0.39 is 29.9 Å². The van der Waals surface area contributed by atoms with E-state index in [-0.39, 0.29) is 77.6 Å². The highest BCUT2D eigenvalue weighted by molar-refractivity contribution is 6.01. The summed E-state index contributed by atoms with van der Waals surface area (Å²) in [5, 5.41) is 3.02. The van der Waals surface area contributed by atoms with Crippen LogP contribution >= 0.6 is 0 Å². The summed E-state index contributed by atoms with van der Waals surface area (Å²) < 4.78 is 86.8. The fourth-order valence-electron chi connectivity index (χ4n) is 6.89. The van der Waals surface area contributed by atoms with Gasteiger partial charge in [0, 0.05) is 29.4 Å². The van der Waals surface area contributed by atoms with Gasteiger partial charge in [-0.1, -0.05) is 12.1 Å². The lowest BCUT2D eigenvalue weighted by atomic mass is 9.78. The summed E-state index contributed by atoms with van der Waals surface area (Å²) in [4.78, 5) is 27.5. The zero-order valence-corrected chi connectivity index (χ0v) is 22.1. The molecule has 2 aliphatic heterocycles. The van der Waals surface area contributed by atoms with Crippen molar-refractivity contribution in [2.45, 2.75) is 88.3 Å². The van der Waals surface area contributed by atoms with Gasteiger partial charge >= 0.3 is 18.3 Å². The molecule has 1 saturated carbocycles. The zero-order chi connectivity index (χ0) is 28.8. The van der Waals surface area contributed by atoms with Crippen molar-refractivity contribution in [1.82, 2.24) is 4.90 Å². The normalized spacial score (nSPS) is 27.4. The maximum absolute atomic E-state index is 14.3. The van der Waals surface area contributed by atoms with Gasteiger partial charge in [-0.2, -0.15) is 26.3 Å². The van der Waals surface area contributed by atoms with E-state index in [1.54, 1.807) is 4.90 Å². The summed E-state index contributed by atoms with van der Waals surface area (Å²) in [7, 11) is 1.35. The molecule has 3 fully saturated rings. The number of nitrogens with zero attached hydrogens (tertiary/aromatic N) is 1. The molecule has 5 rings (SSSR count). The van der Waals surface area contributed by atoms with Gasteiger partial charge < -0.3 is 15.0 Å². The average molecular weight is 571 g/mol. The Morgan fingerprint density at radius 1 is 0.900 bits per heavy atom. The number of piperidine rings is 2. The number of hydrogen-bond acceptors (Lipinski definition) is 4. The number of carbonyl (C=O) groups excluding carboxylic acids is 2. The summed E-state index contributed by atoms with van der Waals surface area (Å²) in [6.45, 7) is 0. The molecule has 0 radical (unpaired) electrons. The maximum Gasteiger partial charge on any atom is 0.418 e. The number of esters is 1. The van der Waals surface area contributed by atoms with Crippen molar-refractivity contribution in [2.75, 3.05) is 12.4 Å². The van der Waals surface area contributed by atoms with Crippen LogP contribution in [0.25, 0.3) is 10.8 Å². The number of ether oxygens (including phenoxy) is 1. The molecular weight excluding hydrogens is 538 g/mol. The minimum Gasteiger partial charge on any atom is -0.469 e. The lowest BCUT2D eigenvalue weighted by Crippen LogP contribution is -2.55. The zero-order valence-electron chi connectivity index (χ0n) is 22.1. The minimum absolute atomic E-state index is 0.0809. The molecule has 40 heavy (non-hydrogen) atoms. The summed E-state index contributed by atoms with van der Waals surface area (Å²) in [5.41, 5.74) is -0.785. The second-order valence-corrected chi connectivity index (χ2v) is 11.3. The maximum atomic E-state index is 14.3. The van der Waals surface area contributed by atoms with E-state index in [2.05, 4.69) is 5.32 Å². The highest BCUT2D eigenvalue weighted by atomic mass is 19.4. The quantitative estimate of drug-likeness (QED) is 0.309. The van der Waals surface area contributed by atoms with E-state index in [0.29, 0.717) is 12.8 Å². The second-order valence-electron chi connectivity index (χ2n) is 11.3. The molecule has 2 heterocycles. The molecule has 0 aromatic heterocycles. The van der Waals surface area contributed by atoms with Gasteiger partial charge in [0.05, 0.1) is 24.5 Å². The third-order valence-corrected chi connectivity index (χ3v) is 8.84. The number of rotatable bonds is 4. The molecule has 5 nitrogen and oxygen atoms in total. The molecule has 2 saturated heterocycles. The Kier molecular flexibility index (Phi) is 7.69. The van der Waals surface area contributed by atoms with Gasteiger partial charge in [-0.05, 0) is 86.8 Å². The summed E-state index contributed by atoms with van der Waals surface area (Å²) in [6.07, 6.45) is -5.57. The SMILES string of the molecule is COC(=O)C1CC2CCCC(C1)N2C(=O)c1ccc2c(C(F)(F)F)c(NC3CCC(C(F)(F)F)CC3)ccc2c1. The molecule has 2 aromatic carbocycles. The first-order chi connectivity index (χ1) is 18.9. The molecule has 1 amide bonds. The molecule has 2 unspecified atom stereocenters. The topological polar surface area (TPSA) is 58.6 Å². The van der Waals surface area contributed by atoms with Gasteiger partial charge in [0.15, 0.2) is 0 Å². The minimum atomic E-state index is -4.72. The first kappa shape index (κ1) is 28.5.